The third-order valence-corrected chi connectivity index (χ3v) is 5.86. The predicted molar refractivity (Wildman–Crippen MR) is 121 cm³/mol. The first-order valence-corrected chi connectivity index (χ1v) is 10.2. The Morgan fingerprint density at radius 2 is 1.77 bits per heavy atom. The number of aryl methyl sites for hydroxylation is 3. The average Bonchev–Trinajstić information content (AvgIpc) is 3.28. The summed E-state index contributed by atoms with van der Waals surface area (Å²) in [5, 5.41) is 8.78. The summed E-state index contributed by atoms with van der Waals surface area (Å²) in [6.07, 6.45) is 0. The molecule has 0 aliphatic rings. The fraction of sp³-hybridized carbons (Fsp3) is 0.130. The van der Waals surface area contributed by atoms with Gasteiger partial charge in [0.2, 0.25) is 0 Å². The van der Waals surface area contributed by atoms with Gasteiger partial charge < -0.3 is 18.8 Å². The molecule has 150 valence electrons. The van der Waals surface area contributed by atoms with E-state index in [-0.39, 0.29) is 5.56 Å². The summed E-state index contributed by atoms with van der Waals surface area (Å²) < 4.78 is 14.3. The number of nitrogens with one attached hydrogen (secondary N) is 1. The van der Waals surface area contributed by atoms with E-state index in [1.54, 1.807) is 11.6 Å². The van der Waals surface area contributed by atoms with Crippen LogP contribution in [0.25, 0.3) is 33.2 Å². The van der Waals surface area contributed by atoms with Crippen molar-refractivity contribution in [3.63, 3.8) is 0 Å². The highest BCUT2D eigenvalue weighted by molar-refractivity contribution is 9.10. The number of para-hydroxylation sites is 1. The van der Waals surface area contributed by atoms with E-state index in [9.17, 15) is 4.79 Å². The van der Waals surface area contributed by atoms with E-state index < -0.39 is 0 Å². The highest BCUT2D eigenvalue weighted by Crippen LogP contribution is 2.41. The number of hydrogen-bond acceptors (Lipinski definition) is 5. The van der Waals surface area contributed by atoms with Crippen LogP contribution in [0.1, 0.15) is 11.5 Å². The standard InChI is InChI=1S/C23H18BrN3O3/c1-12-19(13(2)30-26-12)25-20-18-22(29-21(20)14-8-10-15(24)11-9-14)16-6-4-5-7-17(16)27(3)23(18)28/h4-11,25H,1-3H3. The Labute approximate surface area is 180 Å². The minimum absolute atomic E-state index is 0.134. The maximum Gasteiger partial charge on any atom is 0.264 e. The number of pyridine rings is 1. The smallest absolute Gasteiger partial charge is 0.264 e. The van der Waals surface area contributed by atoms with Crippen molar-refractivity contribution in [3.05, 3.63) is 74.8 Å². The van der Waals surface area contributed by atoms with Gasteiger partial charge in [-0.05, 0) is 38.1 Å². The molecule has 1 N–H and O–H groups in total. The van der Waals surface area contributed by atoms with Gasteiger partial charge in [0.25, 0.3) is 5.56 Å². The van der Waals surface area contributed by atoms with Crippen LogP contribution in [0.2, 0.25) is 0 Å². The molecule has 0 unspecified atom stereocenters. The lowest BCUT2D eigenvalue weighted by molar-refractivity contribution is 0.393. The van der Waals surface area contributed by atoms with Crippen LogP contribution in [0.3, 0.4) is 0 Å². The molecule has 0 saturated carbocycles. The summed E-state index contributed by atoms with van der Waals surface area (Å²) in [6, 6.07) is 15.5. The molecule has 3 aromatic heterocycles. The largest absolute Gasteiger partial charge is 0.453 e. The van der Waals surface area contributed by atoms with Crippen LogP contribution in [0, 0.1) is 13.8 Å². The van der Waals surface area contributed by atoms with Crippen molar-refractivity contribution in [1.82, 2.24) is 9.72 Å². The fourth-order valence-corrected chi connectivity index (χ4v) is 4.03. The molecule has 2 aromatic carbocycles. The number of anilines is 2. The Kier molecular flexibility index (Phi) is 4.29. The van der Waals surface area contributed by atoms with E-state index in [0.717, 1.165) is 26.6 Å². The van der Waals surface area contributed by atoms with E-state index in [2.05, 4.69) is 26.4 Å². The molecular weight excluding hydrogens is 446 g/mol. The lowest BCUT2D eigenvalue weighted by Gasteiger charge is -2.08. The van der Waals surface area contributed by atoms with Crippen molar-refractivity contribution in [2.45, 2.75) is 13.8 Å². The quantitative estimate of drug-likeness (QED) is 0.351. The van der Waals surface area contributed by atoms with Crippen molar-refractivity contribution >= 4 is 49.2 Å². The third kappa shape index (κ3) is 2.77. The molecule has 0 saturated heterocycles. The second kappa shape index (κ2) is 6.88. The first-order chi connectivity index (χ1) is 14.5. The first kappa shape index (κ1) is 18.7. The number of aromatic nitrogens is 2. The number of halogens is 1. The van der Waals surface area contributed by atoms with Gasteiger partial charge in [0.15, 0.2) is 17.1 Å². The second-order valence-electron chi connectivity index (χ2n) is 7.22. The molecular formula is C23H18BrN3O3. The van der Waals surface area contributed by atoms with Crippen molar-refractivity contribution in [2.75, 3.05) is 5.32 Å². The van der Waals surface area contributed by atoms with E-state index in [1.807, 2.05) is 62.4 Å². The van der Waals surface area contributed by atoms with Gasteiger partial charge in [0.1, 0.15) is 16.8 Å². The van der Waals surface area contributed by atoms with Crippen LogP contribution >= 0.6 is 15.9 Å². The number of benzene rings is 2. The number of fused-ring (bicyclic) bond motifs is 3. The molecule has 7 heteroatoms. The molecule has 3 heterocycles. The lowest BCUT2D eigenvalue weighted by Crippen LogP contribution is -2.17. The maximum absolute atomic E-state index is 13.4. The Morgan fingerprint density at radius 1 is 1.03 bits per heavy atom. The topological polar surface area (TPSA) is 73.2 Å². The molecule has 0 bridgehead atoms. The molecule has 0 aliphatic heterocycles. The highest BCUT2D eigenvalue weighted by Gasteiger charge is 2.24. The van der Waals surface area contributed by atoms with E-state index in [0.29, 0.717) is 33.9 Å². The fourth-order valence-electron chi connectivity index (χ4n) is 3.77. The van der Waals surface area contributed by atoms with Crippen molar-refractivity contribution in [3.8, 4) is 11.3 Å². The van der Waals surface area contributed by atoms with Gasteiger partial charge in [-0.2, -0.15) is 0 Å². The van der Waals surface area contributed by atoms with Crippen LogP contribution in [0.5, 0.6) is 0 Å². The molecule has 30 heavy (non-hydrogen) atoms. The normalized spacial score (nSPS) is 11.5. The van der Waals surface area contributed by atoms with E-state index in [1.165, 1.54) is 0 Å². The molecule has 0 spiro atoms. The minimum Gasteiger partial charge on any atom is -0.453 e. The molecule has 5 aromatic rings. The van der Waals surface area contributed by atoms with Gasteiger partial charge in [-0.1, -0.05) is 45.4 Å². The van der Waals surface area contributed by atoms with Crippen LogP contribution in [0.15, 0.2) is 66.7 Å². The van der Waals surface area contributed by atoms with Gasteiger partial charge in [-0.3, -0.25) is 4.79 Å². The van der Waals surface area contributed by atoms with Crippen molar-refractivity contribution < 1.29 is 8.94 Å². The zero-order valence-electron chi connectivity index (χ0n) is 16.6. The minimum atomic E-state index is -0.134. The summed E-state index contributed by atoms with van der Waals surface area (Å²) in [6.45, 7) is 3.69. The number of nitrogens with zero attached hydrogens (tertiary/aromatic N) is 2. The molecule has 0 fully saturated rings. The van der Waals surface area contributed by atoms with Crippen molar-refractivity contribution in [2.24, 2.45) is 7.05 Å². The van der Waals surface area contributed by atoms with Gasteiger partial charge >= 0.3 is 0 Å². The molecule has 0 atom stereocenters. The van der Waals surface area contributed by atoms with Crippen LogP contribution < -0.4 is 10.9 Å². The van der Waals surface area contributed by atoms with Crippen LogP contribution in [0.4, 0.5) is 11.4 Å². The monoisotopic (exact) mass is 463 g/mol. The summed E-state index contributed by atoms with van der Waals surface area (Å²) in [4.78, 5) is 13.4. The summed E-state index contributed by atoms with van der Waals surface area (Å²) >= 11 is 3.47. The lowest BCUT2D eigenvalue weighted by atomic mass is 10.1. The van der Waals surface area contributed by atoms with E-state index >= 15 is 0 Å². The summed E-state index contributed by atoms with van der Waals surface area (Å²) in [7, 11) is 1.77. The zero-order chi connectivity index (χ0) is 21.0. The van der Waals surface area contributed by atoms with Gasteiger partial charge in [0.05, 0.1) is 11.2 Å². The number of furan rings is 1. The Hall–Kier alpha value is -3.32. The van der Waals surface area contributed by atoms with Gasteiger partial charge in [-0.25, -0.2) is 0 Å². The van der Waals surface area contributed by atoms with Crippen molar-refractivity contribution in [1.29, 1.82) is 0 Å². The molecule has 6 nitrogen and oxygen atoms in total. The van der Waals surface area contributed by atoms with Crippen LogP contribution in [-0.4, -0.2) is 9.72 Å². The average molecular weight is 464 g/mol. The Bertz CT molecular complexity index is 1460. The molecule has 0 radical (unpaired) electrons. The Balaban J connectivity index is 1.90. The van der Waals surface area contributed by atoms with Gasteiger partial charge in [-0.15, -0.1) is 0 Å². The SMILES string of the molecule is Cc1noc(C)c1Nc1c(-c2ccc(Br)cc2)oc2c1c(=O)n(C)c1ccccc21. The summed E-state index contributed by atoms with van der Waals surface area (Å²) in [5.74, 6) is 1.23. The maximum atomic E-state index is 13.4. The third-order valence-electron chi connectivity index (χ3n) is 5.33. The molecule has 0 aliphatic carbocycles. The zero-order valence-corrected chi connectivity index (χ0v) is 18.2. The van der Waals surface area contributed by atoms with Crippen LogP contribution in [-0.2, 0) is 7.05 Å². The predicted octanol–water partition coefficient (Wildman–Crippen LogP) is 6.06. The second-order valence-corrected chi connectivity index (χ2v) is 8.14. The molecule has 0 amide bonds. The number of hydrogen-bond donors (Lipinski definition) is 1. The first-order valence-electron chi connectivity index (χ1n) is 9.45. The summed E-state index contributed by atoms with van der Waals surface area (Å²) in [5.41, 5.74) is 4.14. The highest BCUT2D eigenvalue weighted by atomic mass is 79.9. The van der Waals surface area contributed by atoms with E-state index in [4.69, 9.17) is 8.94 Å². The van der Waals surface area contributed by atoms with Gasteiger partial charge in [0, 0.05) is 22.5 Å². The number of rotatable bonds is 3. The Morgan fingerprint density at radius 3 is 2.47 bits per heavy atom. The molecule has 5 rings (SSSR count).